The van der Waals surface area contributed by atoms with E-state index in [0.717, 1.165) is 0 Å². The largest absolute Gasteiger partial charge is 1.00 e. The van der Waals surface area contributed by atoms with Gasteiger partial charge < -0.3 is 4.48 Å². The van der Waals surface area contributed by atoms with Crippen molar-refractivity contribution in [1.29, 1.82) is 0 Å². The van der Waals surface area contributed by atoms with Crippen LogP contribution in [0.15, 0.2) is 0 Å². The Bertz CT molecular complexity index is 114. The highest BCUT2D eigenvalue weighted by atomic mass is 15.4. The van der Waals surface area contributed by atoms with Crippen LogP contribution in [0, 0.1) is 0 Å². The normalized spacial score (nSPS) is 30.0. The number of quaternary nitrogens is 1. The zero-order valence-corrected chi connectivity index (χ0v) is 7.78. The Balaban J connectivity index is 0.000001000. The van der Waals surface area contributed by atoms with Crippen molar-refractivity contribution >= 4 is 0 Å². The third-order valence-corrected chi connectivity index (χ3v) is 3.39. The molecule has 1 heterocycles. The van der Waals surface area contributed by atoms with Gasteiger partial charge in [0.2, 0.25) is 0 Å². The average molecular weight is 143 g/mol. The van der Waals surface area contributed by atoms with Crippen molar-refractivity contribution in [3.05, 3.63) is 0 Å². The minimum absolute atomic E-state index is 0. The summed E-state index contributed by atoms with van der Waals surface area (Å²) < 4.78 is 1.20. The minimum atomic E-state index is 0. The molecule has 0 amide bonds. The Morgan fingerprint density at radius 2 is 1.80 bits per heavy atom. The Hall–Kier alpha value is -0.0400. The van der Waals surface area contributed by atoms with Gasteiger partial charge in [-0.15, -0.1) is 0 Å². The van der Waals surface area contributed by atoms with E-state index in [1.807, 2.05) is 0 Å². The first-order chi connectivity index (χ1) is 4.46. The van der Waals surface area contributed by atoms with E-state index >= 15 is 0 Å². The lowest BCUT2D eigenvalue weighted by Crippen LogP contribution is -2.58. The summed E-state index contributed by atoms with van der Waals surface area (Å²) in [6, 6.07) is 0. The van der Waals surface area contributed by atoms with E-state index in [1.54, 1.807) is 0 Å². The van der Waals surface area contributed by atoms with Gasteiger partial charge in [-0.25, -0.2) is 0 Å². The lowest BCUT2D eigenvalue weighted by Gasteiger charge is -2.48. The summed E-state index contributed by atoms with van der Waals surface area (Å²) >= 11 is 0. The molecule has 0 bridgehead atoms. The zero-order valence-electron chi connectivity index (χ0n) is 8.78. The summed E-state index contributed by atoms with van der Waals surface area (Å²) in [4.78, 5) is 0. The van der Waals surface area contributed by atoms with Gasteiger partial charge in [0.25, 0.3) is 0 Å². The first-order valence-corrected chi connectivity index (χ1v) is 4.29. The Kier molecular flexibility index (Phi) is 1.80. The van der Waals surface area contributed by atoms with E-state index in [1.165, 1.54) is 30.3 Å². The molecule has 1 fully saturated rings. The number of nitrogens with zero attached hydrogens (tertiary/aromatic N) is 1. The van der Waals surface area contributed by atoms with Crippen LogP contribution >= 0.6 is 0 Å². The third kappa shape index (κ3) is 1.20. The first kappa shape index (κ1) is 8.06. The second-order valence-electron chi connectivity index (χ2n) is 4.68. The van der Waals surface area contributed by atoms with Gasteiger partial charge in [-0.1, -0.05) is 0 Å². The Labute approximate surface area is 66.1 Å². The number of rotatable bonds is 0. The molecule has 1 saturated heterocycles. The van der Waals surface area contributed by atoms with Gasteiger partial charge in [-0.05, 0) is 26.7 Å². The molecule has 0 aromatic heterocycles. The van der Waals surface area contributed by atoms with E-state index < -0.39 is 0 Å². The van der Waals surface area contributed by atoms with Crippen LogP contribution in [0.25, 0.3) is 0 Å². The maximum Gasteiger partial charge on any atom is 1.00 e. The molecule has 0 atom stereocenters. The van der Waals surface area contributed by atoms with E-state index in [2.05, 4.69) is 27.9 Å². The fraction of sp³-hybridized carbons (Fsp3) is 1.00. The van der Waals surface area contributed by atoms with Gasteiger partial charge in [0.15, 0.2) is 0 Å². The smallest absolute Gasteiger partial charge is 0.324 e. The van der Waals surface area contributed by atoms with Crippen LogP contribution in [0.5, 0.6) is 0 Å². The summed E-state index contributed by atoms with van der Waals surface area (Å²) in [5.74, 6) is 0. The van der Waals surface area contributed by atoms with Crippen LogP contribution in [0.2, 0.25) is 0 Å². The molecule has 0 aliphatic carbocycles. The predicted molar refractivity (Wildman–Crippen MR) is 46.0 cm³/mol. The molecular formula is C9H21N+2. The fourth-order valence-electron chi connectivity index (χ4n) is 1.67. The van der Waals surface area contributed by atoms with Crippen LogP contribution in [-0.4, -0.2) is 30.7 Å². The summed E-state index contributed by atoms with van der Waals surface area (Å²) in [5, 5.41) is 0. The standard InChI is InChI=1S/C9H20N/c1-9(2)7-5-6-8-10(9,3)4/h5-8H2,1-4H3/q+1/p+1. The monoisotopic (exact) mass is 143 g/mol. The molecule has 0 aromatic carbocycles. The van der Waals surface area contributed by atoms with Crippen molar-refractivity contribution in [3.63, 3.8) is 0 Å². The van der Waals surface area contributed by atoms with Crippen LogP contribution in [0.1, 0.15) is 34.5 Å². The molecule has 0 spiro atoms. The lowest BCUT2D eigenvalue weighted by molar-refractivity contribution is -0.943. The highest BCUT2D eigenvalue weighted by Crippen LogP contribution is 2.30. The summed E-state index contributed by atoms with van der Waals surface area (Å²) in [6.07, 6.45) is 4.23. The zero-order chi connectivity index (χ0) is 7.83. The maximum atomic E-state index is 2.38. The van der Waals surface area contributed by atoms with Crippen molar-refractivity contribution in [2.45, 2.75) is 38.6 Å². The van der Waals surface area contributed by atoms with Gasteiger partial charge in [0, 0.05) is 6.42 Å². The van der Waals surface area contributed by atoms with Crippen LogP contribution in [0.3, 0.4) is 0 Å². The summed E-state index contributed by atoms with van der Waals surface area (Å²) in [5.41, 5.74) is 0.512. The van der Waals surface area contributed by atoms with Gasteiger partial charge in [-0.2, -0.15) is 0 Å². The number of hydrogen-bond donors (Lipinski definition) is 0. The fourth-order valence-corrected chi connectivity index (χ4v) is 1.67. The Morgan fingerprint density at radius 1 is 1.20 bits per heavy atom. The van der Waals surface area contributed by atoms with Gasteiger partial charge in [0.05, 0.1) is 26.2 Å². The topological polar surface area (TPSA) is 0 Å². The van der Waals surface area contributed by atoms with Crippen LogP contribution in [0.4, 0.5) is 0 Å². The molecule has 0 aromatic rings. The quantitative estimate of drug-likeness (QED) is 0.456. The lowest BCUT2D eigenvalue weighted by atomic mass is 9.89. The maximum absolute atomic E-state index is 2.38. The Morgan fingerprint density at radius 3 is 2.10 bits per heavy atom. The minimum Gasteiger partial charge on any atom is -0.324 e. The molecule has 0 N–H and O–H groups in total. The second kappa shape index (κ2) is 2.23. The van der Waals surface area contributed by atoms with Crippen molar-refractivity contribution in [2.24, 2.45) is 0 Å². The molecule has 1 aliphatic rings. The van der Waals surface area contributed by atoms with Crippen molar-refractivity contribution in [3.8, 4) is 0 Å². The number of likely N-dealkylation sites (tertiary alicyclic amines) is 1. The average Bonchev–Trinajstić information content (AvgIpc) is 1.77. The van der Waals surface area contributed by atoms with E-state index in [9.17, 15) is 0 Å². The van der Waals surface area contributed by atoms with Crippen LogP contribution < -0.4 is 0 Å². The molecule has 60 valence electrons. The van der Waals surface area contributed by atoms with Gasteiger partial charge >= 0.3 is 1.43 Å². The third-order valence-electron chi connectivity index (χ3n) is 3.39. The highest BCUT2D eigenvalue weighted by molar-refractivity contribution is 4.72. The summed E-state index contributed by atoms with van der Waals surface area (Å²) in [7, 11) is 4.69. The SMILES string of the molecule is CC1(C)CCCC[N+]1(C)C.[H+]. The molecule has 0 unspecified atom stereocenters. The number of hydrogen-bond acceptors (Lipinski definition) is 0. The van der Waals surface area contributed by atoms with E-state index in [-0.39, 0.29) is 1.43 Å². The second-order valence-corrected chi connectivity index (χ2v) is 4.68. The van der Waals surface area contributed by atoms with Crippen molar-refractivity contribution in [2.75, 3.05) is 20.6 Å². The predicted octanol–water partition coefficient (Wildman–Crippen LogP) is 2.14. The molecule has 1 aliphatic heterocycles. The number of piperidine rings is 1. The van der Waals surface area contributed by atoms with E-state index in [0.29, 0.717) is 5.54 Å². The molecule has 0 radical (unpaired) electrons. The molecule has 0 saturated carbocycles. The highest BCUT2D eigenvalue weighted by Gasteiger charge is 2.38. The molecule has 1 heteroatoms. The molecule has 1 rings (SSSR count). The molecular weight excluding hydrogens is 122 g/mol. The van der Waals surface area contributed by atoms with Crippen molar-refractivity contribution in [1.82, 2.24) is 0 Å². The van der Waals surface area contributed by atoms with Crippen molar-refractivity contribution < 1.29 is 5.91 Å². The first-order valence-electron chi connectivity index (χ1n) is 4.29. The summed E-state index contributed by atoms with van der Waals surface area (Å²) in [6.45, 7) is 6.12. The van der Waals surface area contributed by atoms with Gasteiger partial charge in [0.1, 0.15) is 0 Å². The van der Waals surface area contributed by atoms with Crippen LogP contribution in [-0.2, 0) is 0 Å². The molecule has 10 heavy (non-hydrogen) atoms. The van der Waals surface area contributed by atoms with E-state index in [4.69, 9.17) is 0 Å². The molecule has 1 nitrogen and oxygen atoms in total. The van der Waals surface area contributed by atoms with Gasteiger partial charge in [-0.3, -0.25) is 0 Å².